The lowest BCUT2D eigenvalue weighted by Gasteiger charge is -2.22. The third kappa shape index (κ3) is 4.12. The molecule has 0 amide bonds. The lowest BCUT2D eigenvalue weighted by Crippen LogP contribution is -2.15. The van der Waals surface area contributed by atoms with Gasteiger partial charge in [-0.2, -0.15) is 0 Å². The van der Waals surface area contributed by atoms with Crippen molar-refractivity contribution in [2.75, 3.05) is 35.5 Å². The van der Waals surface area contributed by atoms with Gasteiger partial charge in [-0.1, -0.05) is 6.07 Å². The van der Waals surface area contributed by atoms with Gasteiger partial charge in [-0.3, -0.25) is 4.84 Å². The van der Waals surface area contributed by atoms with E-state index in [0.717, 1.165) is 5.56 Å². The van der Waals surface area contributed by atoms with Gasteiger partial charge >= 0.3 is 0 Å². The maximum Gasteiger partial charge on any atom is 0.132 e. The van der Waals surface area contributed by atoms with Gasteiger partial charge in [0.15, 0.2) is 0 Å². The quantitative estimate of drug-likeness (QED) is 0.686. The van der Waals surface area contributed by atoms with E-state index in [1.165, 1.54) is 0 Å². The van der Waals surface area contributed by atoms with Crippen molar-refractivity contribution >= 4 is 0 Å². The summed E-state index contributed by atoms with van der Waals surface area (Å²) in [6, 6.07) is 9.09. The highest BCUT2D eigenvalue weighted by molar-refractivity contribution is 5.53. The van der Waals surface area contributed by atoms with E-state index in [2.05, 4.69) is 0 Å². The molecule has 1 unspecified atom stereocenters. The van der Waals surface area contributed by atoms with Gasteiger partial charge in [0.25, 0.3) is 0 Å². The second kappa shape index (κ2) is 9.17. The molecular formula is C19H25NO6. The fraction of sp³-hybridized carbons (Fsp3) is 0.368. The van der Waals surface area contributed by atoms with Crippen LogP contribution in [0.2, 0.25) is 0 Å². The molecule has 0 aliphatic heterocycles. The maximum absolute atomic E-state index is 5.61. The minimum Gasteiger partial charge on any atom is -0.497 e. The van der Waals surface area contributed by atoms with E-state index >= 15 is 0 Å². The molecule has 0 aliphatic rings. The van der Waals surface area contributed by atoms with Gasteiger partial charge in [-0.25, -0.2) is 5.90 Å². The zero-order chi connectivity index (χ0) is 19.1. The van der Waals surface area contributed by atoms with Crippen LogP contribution in [-0.4, -0.2) is 35.5 Å². The first-order valence-corrected chi connectivity index (χ1v) is 7.98. The Labute approximate surface area is 153 Å². The first kappa shape index (κ1) is 19.7. The fourth-order valence-electron chi connectivity index (χ4n) is 2.79. The van der Waals surface area contributed by atoms with E-state index in [0.29, 0.717) is 40.7 Å². The summed E-state index contributed by atoms with van der Waals surface area (Å²) < 4.78 is 27.0. The molecule has 7 nitrogen and oxygen atoms in total. The molecule has 0 radical (unpaired) electrons. The summed E-state index contributed by atoms with van der Waals surface area (Å²) in [7, 11) is 7.92. The normalized spacial score (nSPS) is 11.6. The van der Waals surface area contributed by atoms with E-state index in [1.807, 2.05) is 18.2 Å². The van der Waals surface area contributed by atoms with Crippen LogP contribution in [0.15, 0.2) is 30.3 Å². The lowest BCUT2D eigenvalue weighted by atomic mass is 9.98. The average Bonchev–Trinajstić information content (AvgIpc) is 2.70. The number of rotatable bonds is 9. The Morgan fingerprint density at radius 1 is 0.731 bits per heavy atom. The first-order chi connectivity index (χ1) is 12.6. The third-order valence-electron chi connectivity index (χ3n) is 4.14. The zero-order valence-electron chi connectivity index (χ0n) is 15.7. The molecule has 0 fully saturated rings. The number of methoxy groups -OCH3 is 5. The van der Waals surface area contributed by atoms with Gasteiger partial charge in [-0.15, -0.1) is 0 Å². The molecule has 2 N–H and O–H groups in total. The lowest BCUT2D eigenvalue weighted by molar-refractivity contribution is 0.0490. The SMILES string of the molecule is COc1ccc(CC(ON)c2c(OC)cc(OC)cc2OC)c(OC)c1. The second-order valence-electron chi connectivity index (χ2n) is 5.45. The van der Waals surface area contributed by atoms with Crippen molar-refractivity contribution < 1.29 is 28.5 Å². The molecule has 1 atom stereocenters. The number of nitrogens with two attached hydrogens (primary N) is 1. The van der Waals surface area contributed by atoms with Crippen molar-refractivity contribution in [3.63, 3.8) is 0 Å². The van der Waals surface area contributed by atoms with Crippen LogP contribution in [0.5, 0.6) is 28.7 Å². The van der Waals surface area contributed by atoms with E-state index in [-0.39, 0.29) is 0 Å². The van der Waals surface area contributed by atoms with Crippen LogP contribution >= 0.6 is 0 Å². The average molecular weight is 363 g/mol. The Bertz CT molecular complexity index is 709. The van der Waals surface area contributed by atoms with E-state index in [4.69, 9.17) is 34.4 Å². The van der Waals surface area contributed by atoms with E-state index in [9.17, 15) is 0 Å². The van der Waals surface area contributed by atoms with Crippen LogP contribution in [0, 0.1) is 0 Å². The van der Waals surface area contributed by atoms with Crippen LogP contribution in [0.25, 0.3) is 0 Å². The Hall–Kier alpha value is -2.64. The van der Waals surface area contributed by atoms with Crippen molar-refractivity contribution in [2.24, 2.45) is 5.90 Å². The van der Waals surface area contributed by atoms with Crippen LogP contribution in [0.4, 0.5) is 0 Å². The van der Waals surface area contributed by atoms with Crippen molar-refractivity contribution in [1.29, 1.82) is 0 Å². The van der Waals surface area contributed by atoms with Gasteiger partial charge in [-0.05, 0) is 11.6 Å². The molecule has 0 aromatic heterocycles. The van der Waals surface area contributed by atoms with Crippen LogP contribution in [0.3, 0.4) is 0 Å². The van der Waals surface area contributed by atoms with Crippen molar-refractivity contribution in [1.82, 2.24) is 0 Å². The zero-order valence-corrected chi connectivity index (χ0v) is 15.7. The first-order valence-electron chi connectivity index (χ1n) is 7.98. The topological polar surface area (TPSA) is 81.4 Å². The van der Waals surface area contributed by atoms with Gasteiger partial charge in [0.05, 0.1) is 41.1 Å². The maximum atomic E-state index is 5.61. The Morgan fingerprint density at radius 2 is 1.27 bits per heavy atom. The predicted octanol–water partition coefficient (Wildman–Crippen LogP) is 2.90. The highest BCUT2D eigenvalue weighted by Gasteiger charge is 2.25. The highest BCUT2D eigenvalue weighted by Crippen LogP contribution is 2.41. The molecular weight excluding hydrogens is 338 g/mol. The van der Waals surface area contributed by atoms with E-state index in [1.54, 1.807) is 47.7 Å². The molecule has 0 bridgehead atoms. The monoisotopic (exact) mass is 363 g/mol. The van der Waals surface area contributed by atoms with Crippen LogP contribution in [0.1, 0.15) is 17.2 Å². The minimum absolute atomic E-state index is 0.447. The summed E-state index contributed by atoms with van der Waals surface area (Å²) in [4.78, 5) is 5.27. The molecule has 7 heteroatoms. The molecule has 26 heavy (non-hydrogen) atoms. The largest absolute Gasteiger partial charge is 0.497 e. The highest BCUT2D eigenvalue weighted by atomic mass is 16.6. The molecule has 2 aromatic carbocycles. The van der Waals surface area contributed by atoms with Crippen molar-refractivity contribution in [3.05, 3.63) is 41.5 Å². The summed E-state index contributed by atoms with van der Waals surface area (Å²) in [5, 5.41) is 0. The summed E-state index contributed by atoms with van der Waals surface area (Å²) in [5.74, 6) is 8.72. The van der Waals surface area contributed by atoms with Crippen LogP contribution < -0.4 is 29.6 Å². The summed E-state index contributed by atoms with van der Waals surface area (Å²) in [6.07, 6.45) is -0.0731. The fourth-order valence-corrected chi connectivity index (χ4v) is 2.79. The van der Waals surface area contributed by atoms with Gasteiger partial charge in [0, 0.05) is 24.6 Å². The molecule has 142 valence electrons. The minimum atomic E-state index is -0.520. The second-order valence-corrected chi connectivity index (χ2v) is 5.45. The number of hydrogen-bond donors (Lipinski definition) is 1. The smallest absolute Gasteiger partial charge is 0.132 e. The Morgan fingerprint density at radius 3 is 1.73 bits per heavy atom. The molecule has 0 aliphatic carbocycles. The van der Waals surface area contributed by atoms with Crippen molar-refractivity contribution in [2.45, 2.75) is 12.5 Å². The third-order valence-corrected chi connectivity index (χ3v) is 4.14. The standard InChI is InChI=1S/C19H25NO6/c1-21-13-7-6-12(15(9-13)23-3)8-18(26-20)19-16(24-4)10-14(22-2)11-17(19)25-5/h6-7,9-11,18H,8,20H2,1-5H3. The van der Waals surface area contributed by atoms with Gasteiger partial charge in [0.1, 0.15) is 34.9 Å². The molecule has 0 heterocycles. The van der Waals surface area contributed by atoms with Crippen LogP contribution in [-0.2, 0) is 11.3 Å². The number of hydrogen-bond acceptors (Lipinski definition) is 7. The molecule has 2 rings (SSSR count). The molecule has 0 saturated carbocycles. The van der Waals surface area contributed by atoms with Gasteiger partial charge < -0.3 is 23.7 Å². The summed E-state index contributed by atoms with van der Waals surface area (Å²) >= 11 is 0. The number of benzene rings is 2. The van der Waals surface area contributed by atoms with Crippen molar-refractivity contribution in [3.8, 4) is 28.7 Å². The number of ether oxygens (including phenoxy) is 5. The summed E-state index contributed by atoms with van der Waals surface area (Å²) in [6.45, 7) is 0. The summed E-state index contributed by atoms with van der Waals surface area (Å²) in [5.41, 5.74) is 1.60. The van der Waals surface area contributed by atoms with Gasteiger partial charge in [0.2, 0.25) is 0 Å². The molecule has 2 aromatic rings. The Balaban J connectivity index is 2.46. The molecule has 0 saturated heterocycles. The van der Waals surface area contributed by atoms with E-state index < -0.39 is 6.10 Å². The molecule has 0 spiro atoms. The predicted molar refractivity (Wildman–Crippen MR) is 97.4 cm³/mol. The Kier molecular flexibility index (Phi) is 6.94.